The van der Waals surface area contributed by atoms with E-state index in [2.05, 4.69) is 9.63 Å². The van der Waals surface area contributed by atoms with Gasteiger partial charge < -0.3 is 5.11 Å². The zero-order valence-electron chi connectivity index (χ0n) is 7.23. The van der Waals surface area contributed by atoms with Gasteiger partial charge in [0.05, 0.1) is 11.3 Å². The number of hydrogen-bond acceptors (Lipinski definition) is 4. The molecule has 7 nitrogen and oxygen atoms in total. The van der Waals surface area contributed by atoms with Crippen molar-refractivity contribution in [3.63, 3.8) is 0 Å². The van der Waals surface area contributed by atoms with E-state index in [0.717, 1.165) is 0 Å². The molecule has 0 saturated carbocycles. The number of aromatic carboxylic acids is 1. The van der Waals surface area contributed by atoms with Crippen LogP contribution < -0.4 is 0 Å². The van der Waals surface area contributed by atoms with Crippen LogP contribution in [0.2, 0.25) is 0 Å². The summed E-state index contributed by atoms with van der Waals surface area (Å²) in [5, 5.41) is 11.7. The molecule has 0 aromatic heterocycles. The lowest BCUT2D eigenvalue weighted by Crippen LogP contribution is -1.94. The van der Waals surface area contributed by atoms with Gasteiger partial charge in [0.25, 0.3) is 0 Å². The van der Waals surface area contributed by atoms with Crippen molar-refractivity contribution in [3.05, 3.63) is 29.8 Å². The monoisotopic (exact) mass is 230 g/mol. The zero-order chi connectivity index (χ0) is 11.5. The molecule has 1 rings (SSSR count). The lowest BCUT2D eigenvalue weighted by atomic mass is 10.2. The lowest BCUT2D eigenvalue weighted by molar-refractivity contribution is 0.0697. The highest BCUT2D eigenvalue weighted by Crippen LogP contribution is 2.14. The molecule has 0 fully saturated rings. The molecule has 0 atom stereocenters. The van der Waals surface area contributed by atoms with Gasteiger partial charge in [0.1, 0.15) is 0 Å². The third kappa shape index (κ3) is 3.83. The Kier molecular flexibility index (Phi) is 3.12. The van der Waals surface area contributed by atoms with Crippen molar-refractivity contribution in [2.24, 2.45) is 9.63 Å². The molecule has 8 heteroatoms. The number of rotatable bonds is 3. The first-order valence-corrected chi connectivity index (χ1v) is 5.02. The Bertz CT molecular complexity index is 491. The topological polar surface area (TPSA) is 116 Å². The molecule has 0 bridgehead atoms. The van der Waals surface area contributed by atoms with Crippen molar-refractivity contribution in [1.29, 1.82) is 0 Å². The molecular formula is C7H6N2O5S. The molecular weight excluding hydrogens is 224 g/mol. The van der Waals surface area contributed by atoms with Crippen LogP contribution in [0.4, 0.5) is 5.69 Å². The first kappa shape index (κ1) is 11.3. The largest absolute Gasteiger partial charge is 0.478 e. The molecule has 0 heterocycles. The fourth-order valence-electron chi connectivity index (χ4n) is 0.769. The molecule has 80 valence electrons. The van der Waals surface area contributed by atoms with E-state index >= 15 is 0 Å². The summed E-state index contributed by atoms with van der Waals surface area (Å²) in [6, 6.07) is 5.00. The molecule has 0 radical (unpaired) electrons. The van der Waals surface area contributed by atoms with E-state index in [9.17, 15) is 13.2 Å². The smallest absolute Gasteiger partial charge is 0.396 e. The van der Waals surface area contributed by atoms with Crippen molar-refractivity contribution in [2.75, 3.05) is 0 Å². The maximum atomic E-state index is 10.4. The fraction of sp³-hybridized carbons (Fsp3) is 0. The van der Waals surface area contributed by atoms with Crippen molar-refractivity contribution in [1.82, 2.24) is 0 Å². The number of hydrogen-bond donors (Lipinski definition) is 2. The molecule has 0 aliphatic rings. The molecule has 0 amide bonds. The maximum absolute atomic E-state index is 10.4. The van der Waals surface area contributed by atoms with Crippen LogP contribution in [-0.2, 0) is 10.3 Å². The Balaban J connectivity index is 2.91. The van der Waals surface area contributed by atoms with Gasteiger partial charge in [0.2, 0.25) is 0 Å². The minimum atomic E-state index is -4.51. The van der Waals surface area contributed by atoms with E-state index in [1.54, 1.807) is 0 Å². The summed E-state index contributed by atoms with van der Waals surface area (Å²) in [7, 11) is -4.51. The summed E-state index contributed by atoms with van der Waals surface area (Å²) < 4.78 is 31.2. The van der Waals surface area contributed by atoms with Crippen molar-refractivity contribution >= 4 is 22.0 Å². The average Bonchev–Trinajstić information content (AvgIpc) is 2.14. The third-order valence-corrected chi connectivity index (χ3v) is 1.66. The Labute approximate surface area is 85.0 Å². The zero-order valence-corrected chi connectivity index (χ0v) is 8.05. The molecule has 0 aliphatic heterocycles. The van der Waals surface area contributed by atoms with Gasteiger partial charge in [-0.25, -0.2) is 4.79 Å². The average molecular weight is 230 g/mol. The Morgan fingerprint density at radius 1 is 1.20 bits per heavy atom. The van der Waals surface area contributed by atoms with Gasteiger partial charge in [-0.1, -0.05) is 0 Å². The second kappa shape index (κ2) is 4.15. The van der Waals surface area contributed by atoms with Crippen LogP contribution >= 0.6 is 0 Å². The highest BCUT2D eigenvalue weighted by Gasteiger charge is 2.02. The SMILES string of the molecule is O=C(O)c1ccc(N=NS(=O)(=O)O)cc1. The fourth-order valence-corrected chi connectivity index (χ4v) is 0.967. The minimum Gasteiger partial charge on any atom is -0.478 e. The van der Waals surface area contributed by atoms with Gasteiger partial charge in [-0.15, -0.1) is 5.11 Å². The van der Waals surface area contributed by atoms with Crippen LogP contribution in [0.1, 0.15) is 10.4 Å². The number of benzene rings is 1. The van der Waals surface area contributed by atoms with Gasteiger partial charge in [-0.05, 0) is 28.8 Å². The van der Waals surface area contributed by atoms with Gasteiger partial charge in [0.15, 0.2) is 0 Å². The van der Waals surface area contributed by atoms with E-state index in [-0.39, 0.29) is 11.3 Å². The van der Waals surface area contributed by atoms with E-state index in [1.165, 1.54) is 24.3 Å². The predicted octanol–water partition coefficient (Wildman–Crippen LogP) is 1.27. The van der Waals surface area contributed by atoms with Gasteiger partial charge in [-0.2, -0.15) is 8.42 Å². The summed E-state index contributed by atoms with van der Waals surface area (Å²) in [5.74, 6) is -1.10. The Hall–Kier alpha value is -1.80. The summed E-state index contributed by atoms with van der Waals surface area (Å²) in [6.07, 6.45) is 0. The highest BCUT2D eigenvalue weighted by atomic mass is 32.2. The number of carboxylic acid groups (broad SMARTS) is 1. The van der Waals surface area contributed by atoms with E-state index < -0.39 is 16.3 Å². The van der Waals surface area contributed by atoms with Crippen LogP contribution in [0.25, 0.3) is 0 Å². The summed E-state index contributed by atoms with van der Waals surface area (Å²) >= 11 is 0. The Morgan fingerprint density at radius 3 is 2.13 bits per heavy atom. The van der Waals surface area contributed by atoms with Crippen LogP contribution in [0.3, 0.4) is 0 Å². The molecule has 1 aromatic carbocycles. The van der Waals surface area contributed by atoms with Gasteiger partial charge in [-0.3, -0.25) is 4.55 Å². The first-order valence-electron chi connectivity index (χ1n) is 3.62. The molecule has 0 saturated heterocycles. The second-order valence-corrected chi connectivity index (χ2v) is 3.54. The molecule has 0 spiro atoms. The van der Waals surface area contributed by atoms with Crippen molar-refractivity contribution < 1.29 is 22.9 Å². The van der Waals surface area contributed by atoms with Crippen LogP contribution in [-0.4, -0.2) is 24.0 Å². The maximum Gasteiger partial charge on any atom is 0.396 e. The molecule has 15 heavy (non-hydrogen) atoms. The van der Waals surface area contributed by atoms with Crippen molar-refractivity contribution in [3.8, 4) is 0 Å². The highest BCUT2D eigenvalue weighted by molar-refractivity contribution is 7.84. The minimum absolute atomic E-state index is 0.0424. The van der Waals surface area contributed by atoms with E-state index in [1.807, 2.05) is 0 Å². The van der Waals surface area contributed by atoms with Gasteiger partial charge >= 0.3 is 16.3 Å². The van der Waals surface area contributed by atoms with E-state index in [4.69, 9.17) is 9.66 Å². The van der Waals surface area contributed by atoms with Gasteiger partial charge in [0, 0.05) is 0 Å². The quantitative estimate of drug-likeness (QED) is 0.599. The summed E-state index contributed by atoms with van der Waals surface area (Å²) in [5.41, 5.74) is 0.165. The second-order valence-electron chi connectivity index (χ2n) is 2.48. The normalized spacial score (nSPS) is 11.8. The molecule has 0 aliphatic carbocycles. The first-order chi connectivity index (χ1) is 6.88. The number of carboxylic acids is 1. The third-order valence-electron chi connectivity index (χ3n) is 1.37. The standard InChI is InChI=1S/C7H6N2O5S/c10-7(11)5-1-3-6(4-2-5)8-9-15(12,13)14/h1-4H,(H,10,11)(H,12,13,14). The molecule has 0 unspecified atom stereocenters. The molecule has 1 aromatic rings. The predicted molar refractivity (Wildman–Crippen MR) is 49.5 cm³/mol. The molecule has 2 N–H and O–H groups in total. The number of nitrogens with zero attached hydrogens (tertiary/aromatic N) is 2. The number of carbonyl (C=O) groups is 1. The lowest BCUT2D eigenvalue weighted by Gasteiger charge is -1.93. The van der Waals surface area contributed by atoms with Crippen LogP contribution in [0, 0.1) is 0 Å². The Morgan fingerprint density at radius 2 is 1.73 bits per heavy atom. The van der Waals surface area contributed by atoms with Crippen LogP contribution in [0.15, 0.2) is 33.9 Å². The van der Waals surface area contributed by atoms with E-state index in [0.29, 0.717) is 0 Å². The van der Waals surface area contributed by atoms with Crippen molar-refractivity contribution in [2.45, 2.75) is 0 Å². The van der Waals surface area contributed by atoms with Crippen LogP contribution in [0.5, 0.6) is 0 Å². The summed E-state index contributed by atoms with van der Waals surface area (Å²) in [4.78, 5) is 10.4. The summed E-state index contributed by atoms with van der Waals surface area (Å²) in [6.45, 7) is 0.